The first-order valence-corrected chi connectivity index (χ1v) is 23.0. The molecule has 5 aromatic rings. The number of halogens is 1. The molecule has 2 amide bonds. The van der Waals surface area contributed by atoms with E-state index in [4.69, 9.17) is 9.16 Å². The number of nitrogens with zero attached hydrogens (tertiary/aromatic N) is 1. The molecule has 2 saturated heterocycles. The van der Waals surface area contributed by atoms with E-state index in [-0.39, 0.29) is 34.6 Å². The van der Waals surface area contributed by atoms with Gasteiger partial charge in [0.05, 0.1) is 36.8 Å². The smallest absolute Gasteiger partial charge is 0.261 e. The number of hydrogen-bond acceptors (Lipinski definition) is 6. The lowest BCUT2D eigenvalue weighted by atomic mass is 9.69. The first-order valence-electron chi connectivity index (χ1n) is 21.0. The molecule has 0 bridgehead atoms. The summed E-state index contributed by atoms with van der Waals surface area (Å²) in [6.45, 7) is 9.51. The lowest BCUT2D eigenvalue weighted by molar-refractivity contribution is -0.122. The number of fused-ring (bicyclic) bond motifs is 3. The molecule has 0 unspecified atom stereocenters. The molecule has 2 N–H and O–H groups in total. The van der Waals surface area contributed by atoms with Crippen molar-refractivity contribution in [2.75, 3.05) is 23.4 Å². The van der Waals surface area contributed by atoms with Crippen LogP contribution in [-0.2, 0) is 18.8 Å². The Bertz CT molecular complexity index is 2360. The second-order valence-electron chi connectivity index (χ2n) is 17.2. The SMILES string of the molecule is CC/C(=C\c1ccc(O)c(F)c1)CC[C@H]1OC[C@H]2C1=C(CO[Si](c1ccccc1)(c1ccccc1)C(C)(C)C)C[C@H]1C(=O)N(c3ccc(Nc4ccccc4)cc3)C(=O)[C@H]12. The monoisotopic (exact) mass is 820 g/mol. The first-order chi connectivity index (χ1) is 29.0. The van der Waals surface area contributed by atoms with Gasteiger partial charge < -0.3 is 19.6 Å². The molecular formula is C51H53FN2O5Si. The fourth-order valence-electron chi connectivity index (χ4n) is 9.72. The van der Waals surface area contributed by atoms with Gasteiger partial charge >= 0.3 is 0 Å². The zero-order valence-corrected chi connectivity index (χ0v) is 35.7. The number of phenols is 1. The van der Waals surface area contributed by atoms with Gasteiger partial charge in [0.2, 0.25) is 11.8 Å². The van der Waals surface area contributed by atoms with Crippen LogP contribution in [0.1, 0.15) is 58.9 Å². The van der Waals surface area contributed by atoms with E-state index in [0.29, 0.717) is 43.7 Å². The van der Waals surface area contributed by atoms with Crippen LogP contribution >= 0.6 is 0 Å². The van der Waals surface area contributed by atoms with Crippen LogP contribution in [0.25, 0.3) is 6.08 Å². The average molecular weight is 821 g/mol. The topological polar surface area (TPSA) is 88.1 Å². The van der Waals surface area contributed by atoms with Crippen molar-refractivity contribution in [1.29, 1.82) is 0 Å². The third kappa shape index (κ3) is 7.89. The number of amides is 2. The third-order valence-corrected chi connectivity index (χ3v) is 17.6. The van der Waals surface area contributed by atoms with Gasteiger partial charge in [-0.25, -0.2) is 4.39 Å². The van der Waals surface area contributed by atoms with Crippen molar-refractivity contribution in [2.24, 2.45) is 17.8 Å². The maximum Gasteiger partial charge on any atom is 0.261 e. The van der Waals surface area contributed by atoms with E-state index >= 15 is 0 Å². The molecule has 0 saturated carbocycles. The number of rotatable bonds is 13. The predicted octanol–water partition coefficient (Wildman–Crippen LogP) is 9.95. The van der Waals surface area contributed by atoms with Gasteiger partial charge in [-0.2, -0.15) is 0 Å². The standard InChI is InChI=1S/C51H53FN2O5Si/c1-5-34(29-35-21-27-45(55)44(52)30-35)22-28-46-47-36(32-59-60(51(2,3)4,40-17-11-7-12-18-40)41-19-13-8-14-20-41)31-42-48(43(47)33-58-46)50(57)54(49(42)56)39-25-23-38(24-26-39)53-37-15-9-6-10-16-37/h6-21,23-27,29-30,42-43,46,48,53,55H,5,22,28,31-33H2,1-4H3/b34-29+/t42-,43+,46-,48-/m1/s1. The fourth-order valence-corrected chi connectivity index (χ4v) is 14.3. The van der Waals surface area contributed by atoms with Gasteiger partial charge in [-0.15, -0.1) is 0 Å². The highest BCUT2D eigenvalue weighted by molar-refractivity contribution is 6.99. The van der Waals surface area contributed by atoms with Gasteiger partial charge in [0.15, 0.2) is 11.6 Å². The first kappa shape index (κ1) is 41.1. The predicted molar refractivity (Wildman–Crippen MR) is 240 cm³/mol. The number of anilines is 3. The van der Waals surface area contributed by atoms with Gasteiger partial charge in [-0.3, -0.25) is 14.5 Å². The number of aromatic hydroxyl groups is 1. The Morgan fingerprint density at radius 3 is 2.07 bits per heavy atom. The fraction of sp³-hybridized carbons (Fsp3) is 0.294. The quantitative estimate of drug-likeness (QED) is 0.0699. The molecule has 0 radical (unpaired) electrons. The summed E-state index contributed by atoms with van der Waals surface area (Å²) in [7, 11) is -2.96. The van der Waals surface area contributed by atoms with E-state index in [1.54, 1.807) is 6.07 Å². The van der Waals surface area contributed by atoms with Crippen LogP contribution in [0, 0.1) is 23.6 Å². The minimum atomic E-state index is -2.96. The molecule has 4 atom stereocenters. The highest BCUT2D eigenvalue weighted by Gasteiger charge is 2.58. The van der Waals surface area contributed by atoms with Crippen molar-refractivity contribution in [3.63, 3.8) is 0 Å². The number of carbonyl (C=O) groups excluding carboxylic acids is 2. The summed E-state index contributed by atoms with van der Waals surface area (Å²) in [5, 5.41) is 15.2. The molecule has 8 rings (SSSR count). The van der Waals surface area contributed by atoms with Crippen LogP contribution in [0.4, 0.5) is 21.5 Å². The maximum atomic E-state index is 14.6. The van der Waals surface area contributed by atoms with Crippen molar-refractivity contribution in [2.45, 2.75) is 64.5 Å². The van der Waals surface area contributed by atoms with Crippen LogP contribution in [0.3, 0.4) is 0 Å². The minimum absolute atomic E-state index is 0.184. The van der Waals surface area contributed by atoms with Crippen LogP contribution in [0.15, 0.2) is 150 Å². The van der Waals surface area contributed by atoms with Gasteiger partial charge in [0, 0.05) is 17.3 Å². The summed E-state index contributed by atoms with van der Waals surface area (Å²) in [6, 6.07) is 42.9. The van der Waals surface area contributed by atoms with Crippen LogP contribution in [0.5, 0.6) is 5.75 Å². The second-order valence-corrected chi connectivity index (χ2v) is 21.5. The molecule has 3 aliphatic rings. The largest absolute Gasteiger partial charge is 0.505 e. The van der Waals surface area contributed by atoms with Crippen LogP contribution in [-0.4, -0.2) is 44.6 Å². The zero-order chi connectivity index (χ0) is 42.0. The second kappa shape index (κ2) is 17.2. The maximum absolute atomic E-state index is 14.6. The van der Waals surface area contributed by atoms with Gasteiger partial charge in [0.25, 0.3) is 8.32 Å². The van der Waals surface area contributed by atoms with Crippen molar-refractivity contribution in [3.8, 4) is 5.75 Å². The highest BCUT2D eigenvalue weighted by Crippen LogP contribution is 2.51. The Morgan fingerprint density at radius 1 is 0.850 bits per heavy atom. The molecule has 0 spiro atoms. The number of para-hydroxylation sites is 1. The summed E-state index contributed by atoms with van der Waals surface area (Å²) < 4.78 is 28.5. The zero-order valence-electron chi connectivity index (χ0n) is 34.7. The Hall–Kier alpha value is -5.61. The highest BCUT2D eigenvalue weighted by atomic mass is 28.4. The molecule has 9 heteroatoms. The number of benzene rings is 5. The summed E-state index contributed by atoms with van der Waals surface area (Å²) in [5.74, 6) is -2.75. The van der Waals surface area contributed by atoms with Crippen LogP contribution in [0.2, 0.25) is 5.04 Å². The summed E-state index contributed by atoms with van der Waals surface area (Å²) in [5.41, 5.74) is 6.30. The molecule has 60 heavy (non-hydrogen) atoms. The Kier molecular flexibility index (Phi) is 11.8. The van der Waals surface area contributed by atoms with Crippen molar-refractivity contribution in [3.05, 3.63) is 162 Å². The average Bonchev–Trinajstić information content (AvgIpc) is 3.79. The third-order valence-electron chi connectivity index (χ3n) is 12.6. The molecule has 308 valence electrons. The van der Waals surface area contributed by atoms with Crippen molar-refractivity contribution >= 4 is 53.6 Å². The number of ether oxygens (including phenoxy) is 1. The number of imide groups is 1. The number of nitrogens with one attached hydrogen (secondary N) is 1. The molecule has 7 nitrogen and oxygen atoms in total. The van der Waals surface area contributed by atoms with E-state index < -0.39 is 26.0 Å². The van der Waals surface area contributed by atoms with Crippen molar-refractivity contribution in [1.82, 2.24) is 0 Å². The molecule has 2 aliphatic heterocycles. The normalized spacial score (nSPS) is 20.7. The van der Waals surface area contributed by atoms with E-state index in [1.165, 1.54) is 27.4 Å². The van der Waals surface area contributed by atoms with E-state index in [1.807, 2.05) is 72.8 Å². The van der Waals surface area contributed by atoms with Crippen molar-refractivity contribution < 1.29 is 28.2 Å². The number of carbonyl (C=O) groups is 2. The lowest BCUT2D eigenvalue weighted by Gasteiger charge is -2.44. The lowest BCUT2D eigenvalue weighted by Crippen LogP contribution is -2.66. The number of allylic oxidation sites excluding steroid dienone is 1. The van der Waals surface area contributed by atoms with E-state index in [0.717, 1.165) is 34.5 Å². The Balaban J connectivity index is 1.14. The minimum Gasteiger partial charge on any atom is -0.505 e. The van der Waals surface area contributed by atoms with E-state index in [2.05, 4.69) is 81.5 Å². The molecule has 5 aromatic carbocycles. The van der Waals surface area contributed by atoms with Crippen LogP contribution < -0.4 is 20.6 Å². The molecule has 0 aromatic heterocycles. The number of phenolic OH excluding ortho intramolecular Hbond substituents is 1. The van der Waals surface area contributed by atoms with Gasteiger partial charge in [0.1, 0.15) is 0 Å². The van der Waals surface area contributed by atoms with Gasteiger partial charge in [-0.05, 0) is 106 Å². The molecular weight excluding hydrogens is 768 g/mol. The molecule has 1 aliphatic carbocycles. The van der Waals surface area contributed by atoms with E-state index in [9.17, 15) is 19.1 Å². The molecule has 2 fully saturated rings. The summed E-state index contributed by atoms with van der Waals surface area (Å²) >= 11 is 0. The van der Waals surface area contributed by atoms with Gasteiger partial charge in [-0.1, -0.05) is 124 Å². The summed E-state index contributed by atoms with van der Waals surface area (Å²) in [4.78, 5) is 30.6. The summed E-state index contributed by atoms with van der Waals surface area (Å²) in [6.07, 6.45) is 4.22. The number of hydrogen-bond donors (Lipinski definition) is 2. The Morgan fingerprint density at radius 2 is 1.47 bits per heavy atom. The Labute approximate surface area is 353 Å². The molecule has 2 heterocycles.